The monoisotopic (exact) mass is 235 g/mol. The molecule has 5 heteroatoms. The molecule has 5 nitrogen and oxygen atoms in total. The normalized spacial score (nSPS) is 10.4. The molecule has 0 aromatic heterocycles. The van der Waals surface area contributed by atoms with Gasteiger partial charge >= 0.3 is 5.97 Å². The van der Waals surface area contributed by atoms with Gasteiger partial charge in [0.05, 0.1) is 18.8 Å². The number of hydrogen-bond donors (Lipinski definition) is 1. The van der Waals surface area contributed by atoms with Crippen LogP contribution in [-0.2, 0) is 9.53 Å². The zero-order valence-corrected chi connectivity index (χ0v) is 9.93. The van der Waals surface area contributed by atoms with E-state index in [1.165, 1.54) is 0 Å². The highest BCUT2D eigenvalue weighted by molar-refractivity contribution is 5.69. The van der Waals surface area contributed by atoms with E-state index in [0.29, 0.717) is 26.0 Å². The van der Waals surface area contributed by atoms with Gasteiger partial charge in [-0.2, -0.15) is 5.11 Å². The molecule has 0 amide bonds. The lowest BCUT2D eigenvalue weighted by Gasteiger charge is -1.99. The van der Waals surface area contributed by atoms with Crippen LogP contribution in [0.5, 0.6) is 0 Å². The maximum absolute atomic E-state index is 11.0. The largest absolute Gasteiger partial charge is 0.466 e. The van der Waals surface area contributed by atoms with Crippen LogP contribution in [0, 0.1) is 0 Å². The van der Waals surface area contributed by atoms with Crippen LogP contribution in [0.25, 0.3) is 0 Å². The van der Waals surface area contributed by atoms with Crippen molar-refractivity contribution < 1.29 is 9.53 Å². The van der Waals surface area contributed by atoms with Gasteiger partial charge in [0.15, 0.2) is 0 Å². The number of nitrogens with one attached hydrogen (secondary N) is 1. The van der Waals surface area contributed by atoms with E-state index >= 15 is 0 Å². The topological polar surface area (TPSA) is 63.0 Å². The highest BCUT2D eigenvalue weighted by atomic mass is 16.5. The summed E-state index contributed by atoms with van der Waals surface area (Å²) >= 11 is 0. The summed E-state index contributed by atoms with van der Waals surface area (Å²) in [6.07, 6.45) is 1.04. The minimum absolute atomic E-state index is 0.182. The average Bonchev–Trinajstić information content (AvgIpc) is 2.35. The van der Waals surface area contributed by atoms with E-state index in [1.807, 2.05) is 30.3 Å². The van der Waals surface area contributed by atoms with Crippen LogP contribution >= 0.6 is 0 Å². The van der Waals surface area contributed by atoms with Crippen LogP contribution in [0.4, 0.5) is 5.69 Å². The van der Waals surface area contributed by atoms with Gasteiger partial charge in [0.2, 0.25) is 0 Å². The Morgan fingerprint density at radius 2 is 2.12 bits per heavy atom. The van der Waals surface area contributed by atoms with Crippen molar-refractivity contribution in [3.8, 4) is 0 Å². The van der Waals surface area contributed by atoms with Crippen LogP contribution in [0.3, 0.4) is 0 Å². The summed E-state index contributed by atoms with van der Waals surface area (Å²) in [5, 5.41) is 7.71. The molecule has 0 fully saturated rings. The Labute approximate surface area is 101 Å². The van der Waals surface area contributed by atoms with Crippen LogP contribution in [0.15, 0.2) is 40.7 Å². The molecule has 0 spiro atoms. The van der Waals surface area contributed by atoms with Crippen molar-refractivity contribution in [3.63, 3.8) is 0 Å². The van der Waals surface area contributed by atoms with Gasteiger partial charge < -0.3 is 4.74 Å². The van der Waals surface area contributed by atoms with Gasteiger partial charge in [-0.3, -0.25) is 10.2 Å². The van der Waals surface area contributed by atoms with Gasteiger partial charge in [0, 0.05) is 6.42 Å². The number of carbonyl (C=O) groups excluding carboxylic acids is 1. The highest BCUT2D eigenvalue weighted by Crippen LogP contribution is 2.04. The van der Waals surface area contributed by atoms with Crippen LogP contribution in [-0.4, -0.2) is 19.1 Å². The first kappa shape index (κ1) is 13.2. The Morgan fingerprint density at radius 1 is 1.35 bits per heavy atom. The van der Waals surface area contributed by atoms with Crippen molar-refractivity contribution >= 4 is 11.7 Å². The number of ether oxygens (including phenoxy) is 1. The second-order valence-electron chi connectivity index (χ2n) is 3.35. The van der Waals surface area contributed by atoms with Crippen molar-refractivity contribution in [1.29, 1.82) is 0 Å². The Hall–Kier alpha value is -1.91. The molecule has 0 aliphatic carbocycles. The lowest BCUT2D eigenvalue weighted by molar-refractivity contribution is -0.143. The third-order valence-corrected chi connectivity index (χ3v) is 1.97. The van der Waals surface area contributed by atoms with Crippen molar-refractivity contribution in [2.75, 3.05) is 18.6 Å². The third-order valence-electron chi connectivity index (χ3n) is 1.97. The minimum Gasteiger partial charge on any atom is -0.466 e. The molecule has 1 rings (SSSR count). The maximum Gasteiger partial charge on any atom is 0.305 e. The molecule has 1 aromatic rings. The van der Waals surface area contributed by atoms with Crippen LogP contribution in [0.2, 0.25) is 0 Å². The highest BCUT2D eigenvalue weighted by Gasteiger charge is 1.99. The molecule has 1 N–H and O–H groups in total. The SMILES string of the molecule is CCOC(=O)CCCN=NNc1ccccc1. The van der Waals surface area contributed by atoms with Gasteiger partial charge in [-0.05, 0) is 25.5 Å². The Bertz CT molecular complexity index is 352. The number of carbonyl (C=O) groups is 1. The van der Waals surface area contributed by atoms with Crippen molar-refractivity contribution in [3.05, 3.63) is 30.3 Å². The number of nitrogens with zero attached hydrogens (tertiary/aromatic N) is 2. The quantitative estimate of drug-likeness (QED) is 0.342. The zero-order chi connectivity index (χ0) is 12.3. The molecule has 0 atom stereocenters. The fourth-order valence-corrected chi connectivity index (χ4v) is 1.18. The average molecular weight is 235 g/mol. The molecule has 0 radical (unpaired) electrons. The summed E-state index contributed by atoms with van der Waals surface area (Å²) in [6.45, 7) is 2.73. The fraction of sp³-hybridized carbons (Fsp3) is 0.417. The third kappa shape index (κ3) is 6.29. The van der Waals surface area contributed by atoms with Gasteiger partial charge in [-0.25, -0.2) is 0 Å². The first-order valence-electron chi connectivity index (χ1n) is 5.66. The van der Waals surface area contributed by atoms with E-state index in [0.717, 1.165) is 5.69 Å². The molecule has 0 bridgehead atoms. The second kappa shape index (κ2) is 8.27. The lowest BCUT2D eigenvalue weighted by Crippen LogP contribution is -2.03. The molecule has 0 heterocycles. The molecule has 0 saturated carbocycles. The van der Waals surface area contributed by atoms with Gasteiger partial charge in [0.1, 0.15) is 0 Å². The molecule has 0 unspecified atom stereocenters. The van der Waals surface area contributed by atoms with E-state index in [2.05, 4.69) is 15.8 Å². The molecular formula is C12H17N3O2. The number of hydrogen-bond acceptors (Lipinski definition) is 4. The minimum atomic E-state index is -0.182. The molecule has 92 valence electrons. The Morgan fingerprint density at radius 3 is 2.82 bits per heavy atom. The summed E-state index contributed by atoms with van der Waals surface area (Å²) in [5.41, 5.74) is 3.69. The standard InChI is InChI=1S/C12H17N3O2/c1-2-17-12(16)9-6-10-13-15-14-11-7-4-3-5-8-11/h3-5,7-8H,2,6,9-10H2,1H3,(H,13,14). The summed E-state index contributed by atoms with van der Waals surface area (Å²) in [6, 6.07) is 9.56. The molecular weight excluding hydrogens is 218 g/mol. The van der Waals surface area contributed by atoms with E-state index in [-0.39, 0.29) is 5.97 Å². The van der Waals surface area contributed by atoms with E-state index in [9.17, 15) is 4.79 Å². The lowest BCUT2D eigenvalue weighted by atomic mass is 10.3. The van der Waals surface area contributed by atoms with Crippen molar-refractivity contribution in [2.45, 2.75) is 19.8 Å². The second-order valence-corrected chi connectivity index (χ2v) is 3.35. The number of anilines is 1. The molecule has 1 aromatic carbocycles. The predicted octanol–water partition coefficient (Wildman–Crippen LogP) is 2.81. The number of benzene rings is 1. The summed E-state index contributed by atoms with van der Waals surface area (Å²) in [4.78, 5) is 11.0. The predicted molar refractivity (Wildman–Crippen MR) is 65.7 cm³/mol. The van der Waals surface area contributed by atoms with Crippen molar-refractivity contribution in [1.82, 2.24) is 0 Å². The van der Waals surface area contributed by atoms with Crippen LogP contribution in [0.1, 0.15) is 19.8 Å². The summed E-state index contributed by atoms with van der Waals surface area (Å²) in [5.74, 6) is -0.182. The smallest absolute Gasteiger partial charge is 0.305 e. The summed E-state index contributed by atoms with van der Waals surface area (Å²) in [7, 11) is 0. The first-order valence-corrected chi connectivity index (χ1v) is 5.66. The Balaban J connectivity index is 2.09. The number of rotatable bonds is 7. The van der Waals surface area contributed by atoms with E-state index in [4.69, 9.17) is 4.74 Å². The van der Waals surface area contributed by atoms with Crippen molar-refractivity contribution in [2.24, 2.45) is 10.3 Å². The Kier molecular flexibility index (Phi) is 6.40. The van der Waals surface area contributed by atoms with Gasteiger partial charge in [-0.1, -0.05) is 23.4 Å². The fourth-order valence-electron chi connectivity index (χ4n) is 1.18. The van der Waals surface area contributed by atoms with Gasteiger partial charge in [-0.15, -0.1) is 0 Å². The first-order chi connectivity index (χ1) is 8.33. The molecule has 0 saturated heterocycles. The number of esters is 1. The maximum atomic E-state index is 11.0. The molecule has 0 aliphatic heterocycles. The molecule has 0 aliphatic rings. The van der Waals surface area contributed by atoms with E-state index in [1.54, 1.807) is 6.92 Å². The zero-order valence-electron chi connectivity index (χ0n) is 9.93. The van der Waals surface area contributed by atoms with Crippen LogP contribution < -0.4 is 5.43 Å². The van der Waals surface area contributed by atoms with Gasteiger partial charge in [0.25, 0.3) is 0 Å². The number of para-hydroxylation sites is 1. The molecule has 17 heavy (non-hydrogen) atoms. The summed E-state index contributed by atoms with van der Waals surface area (Å²) < 4.78 is 4.79. The van der Waals surface area contributed by atoms with E-state index < -0.39 is 0 Å².